The molecule has 0 aliphatic heterocycles. The van der Waals surface area contributed by atoms with Gasteiger partial charge in [0.1, 0.15) is 6.29 Å². The highest BCUT2D eigenvalue weighted by Gasteiger charge is 2.35. The molecule has 1 N–H and O–H groups in total. The van der Waals surface area contributed by atoms with Crippen LogP contribution >= 0.6 is 0 Å². The Morgan fingerprint density at radius 1 is 1.62 bits per heavy atom. The summed E-state index contributed by atoms with van der Waals surface area (Å²) in [5.74, 6) is 0. The molecule has 0 spiro atoms. The van der Waals surface area contributed by atoms with Gasteiger partial charge >= 0.3 is 0 Å². The molecule has 2 heteroatoms. The van der Waals surface area contributed by atoms with E-state index in [0.717, 1.165) is 25.5 Å². The molecule has 1 fully saturated rings. The van der Waals surface area contributed by atoms with Crippen LogP contribution in [0.1, 0.15) is 19.3 Å². The Morgan fingerprint density at radius 2 is 2.25 bits per heavy atom. The van der Waals surface area contributed by atoms with Crippen LogP contribution in [0.3, 0.4) is 0 Å². The molecule has 0 amide bonds. The standard InChI is InChI=1S/C6H10O2/c7-4-6(5-8)2-1-3-6/h4,8H,1-3,5H2. The van der Waals surface area contributed by atoms with Crippen LogP contribution < -0.4 is 0 Å². The number of aldehydes is 1. The zero-order valence-corrected chi connectivity index (χ0v) is 4.76. The van der Waals surface area contributed by atoms with Crippen LogP contribution in [-0.2, 0) is 4.79 Å². The van der Waals surface area contributed by atoms with Crippen molar-refractivity contribution in [1.29, 1.82) is 0 Å². The van der Waals surface area contributed by atoms with Crippen molar-refractivity contribution in [3.8, 4) is 0 Å². The Morgan fingerprint density at radius 3 is 2.25 bits per heavy atom. The predicted molar refractivity (Wildman–Crippen MR) is 29.4 cm³/mol. The second kappa shape index (κ2) is 1.86. The molecule has 0 atom stereocenters. The molecule has 1 aliphatic rings. The third-order valence-electron chi connectivity index (χ3n) is 1.91. The highest BCUT2D eigenvalue weighted by Crippen LogP contribution is 2.37. The Hall–Kier alpha value is -0.370. The Balaban J connectivity index is 2.45. The summed E-state index contributed by atoms with van der Waals surface area (Å²) in [7, 11) is 0. The average Bonchev–Trinajstić information content (AvgIpc) is 1.67. The lowest BCUT2D eigenvalue weighted by atomic mass is 9.71. The minimum Gasteiger partial charge on any atom is -0.395 e. The summed E-state index contributed by atoms with van der Waals surface area (Å²) in [6.07, 6.45) is 3.75. The van der Waals surface area contributed by atoms with Gasteiger partial charge in [0.2, 0.25) is 0 Å². The van der Waals surface area contributed by atoms with Crippen LogP contribution in [0.25, 0.3) is 0 Å². The number of rotatable bonds is 2. The van der Waals surface area contributed by atoms with Gasteiger partial charge in [-0.15, -0.1) is 0 Å². The molecule has 0 aromatic rings. The van der Waals surface area contributed by atoms with E-state index in [1.807, 2.05) is 0 Å². The van der Waals surface area contributed by atoms with E-state index in [1.54, 1.807) is 0 Å². The Kier molecular flexibility index (Phi) is 1.34. The lowest BCUT2D eigenvalue weighted by Gasteiger charge is -2.34. The molecule has 0 heterocycles. The lowest BCUT2D eigenvalue weighted by Crippen LogP contribution is -2.34. The SMILES string of the molecule is O=CC1(CO)CCC1. The van der Waals surface area contributed by atoms with E-state index >= 15 is 0 Å². The van der Waals surface area contributed by atoms with Gasteiger partial charge in [-0.3, -0.25) is 0 Å². The lowest BCUT2D eigenvalue weighted by molar-refractivity contribution is -0.123. The molecule has 1 saturated carbocycles. The van der Waals surface area contributed by atoms with E-state index in [-0.39, 0.29) is 12.0 Å². The summed E-state index contributed by atoms with van der Waals surface area (Å²) >= 11 is 0. The summed E-state index contributed by atoms with van der Waals surface area (Å²) in [6.45, 7) is 0.0382. The quantitative estimate of drug-likeness (QED) is 0.526. The minimum absolute atomic E-state index is 0.0382. The molecule has 0 unspecified atom stereocenters. The average molecular weight is 114 g/mol. The summed E-state index contributed by atoms with van der Waals surface area (Å²) in [6, 6.07) is 0. The molecule has 0 aromatic heterocycles. The summed E-state index contributed by atoms with van der Waals surface area (Å²) < 4.78 is 0. The van der Waals surface area contributed by atoms with Crippen molar-refractivity contribution in [3.63, 3.8) is 0 Å². The molecule has 0 saturated heterocycles. The third-order valence-corrected chi connectivity index (χ3v) is 1.91. The second-order valence-electron chi connectivity index (χ2n) is 2.49. The van der Waals surface area contributed by atoms with Crippen LogP contribution in [0.5, 0.6) is 0 Å². The van der Waals surface area contributed by atoms with Crippen molar-refractivity contribution in [1.82, 2.24) is 0 Å². The van der Waals surface area contributed by atoms with Gasteiger partial charge in [-0.25, -0.2) is 0 Å². The van der Waals surface area contributed by atoms with Crippen molar-refractivity contribution in [2.24, 2.45) is 5.41 Å². The summed E-state index contributed by atoms with van der Waals surface area (Å²) in [5.41, 5.74) is -0.319. The van der Waals surface area contributed by atoms with Crippen molar-refractivity contribution in [3.05, 3.63) is 0 Å². The van der Waals surface area contributed by atoms with Gasteiger partial charge in [0, 0.05) is 5.41 Å². The molecule has 2 nitrogen and oxygen atoms in total. The van der Waals surface area contributed by atoms with E-state index < -0.39 is 0 Å². The van der Waals surface area contributed by atoms with E-state index in [2.05, 4.69) is 0 Å². The maximum absolute atomic E-state index is 10.2. The molecule has 0 aromatic carbocycles. The van der Waals surface area contributed by atoms with E-state index in [4.69, 9.17) is 5.11 Å². The number of carbonyl (C=O) groups excluding carboxylic acids is 1. The second-order valence-corrected chi connectivity index (χ2v) is 2.49. The van der Waals surface area contributed by atoms with Gasteiger partial charge in [0.15, 0.2) is 0 Å². The number of aliphatic hydroxyl groups is 1. The van der Waals surface area contributed by atoms with Crippen LogP contribution in [0.15, 0.2) is 0 Å². The van der Waals surface area contributed by atoms with Gasteiger partial charge < -0.3 is 9.90 Å². The minimum atomic E-state index is -0.319. The maximum Gasteiger partial charge on any atom is 0.128 e. The Bertz CT molecular complexity index is 89.2. The first-order chi connectivity index (χ1) is 3.83. The summed E-state index contributed by atoms with van der Waals surface area (Å²) in [5, 5.41) is 8.61. The van der Waals surface area contributed by atoms with Crippen molar-refractivity contribution in [2.45, 2.75) is 19.3 Å². The molecule has 0 bridgehead atoms. The highest BCUT2D eigenvalue weighted by molar-refractivity contribution is 5.60. The Labute approximate surface area is 48.5 Å². The van der Waals surface area contributed by atoms with Crippen LogP contribution in [0, 0.1) is 5.41 Å². The summed E-state index contributed by atoms with van der Waals surface area (Å²) in [4.78, 5) is 10.2. The molecule has 8 heavy (non-hydrogen) atoms. The van der Waals surface area contributed by atoms with Crippen LogP contribution in [0.4, 0.5) is 0 Å². The third kappa shape index (κ3) is 0.650. The van der Waals surface area contributed by atoms with Crippen LogP contribution in [0.2, 0.25) is 0 Å². The molecular formula is C6H10O2. The van der Waals surface area contributed by atoms with Crippen molar-refractivity contribution in [2.75, 3.05) is 6.61 Å². The molecular weight excluding hydrogens is 104 g/mol. The number of hydrogen-bond donors (Lipinski definition) is 1. The molecule has 0 radical (unpaired) electrons. The van der Waals surface area contributed by atoms with Gasteiger partial charge in [0.25, 0.3) is 0 Å². The van der Waals surface area contributed by atoms with Gasteiger partial charge in [-0.1, -0.05) is 6.42 Å². The van der Waals surface area contributed by atoms with Crippen molar-refractivity contribution < 1.29 is 9.90 Å². The molecule has 46 valence electrons. The van der Waals surface area contributed by atoms with Crippen molar-refractivity contribution >= 4 is 6.29 Å². The van der Waals surface area contributed by atoms with E-state index in [9.17, 15) is 4.79 Å². The first-order valence-corrected chi connectivity index (χ1v) is 2.90. The van der Waals surface area contributed by atoms with E-state index in [0.29, 0.717) is 0 Å². The number of carbonyl (C=O) groups is 1. The molecule has 1 rings (SSSR count). The van der Waals surface area contributed by atoms with Gasteiger partial charge in [-0.2, -0.15) is 0 Å². The van der Waals surface area contributed by atoms with Crippen LogP contribution in [-0.4, -0.2) is 18.0 Å². The zero-order valence-electron chi connectivity index (χ0n) is 4.76. The predicted octanol–water partition coefficient (Wildman–Crippen LogP) is 0.348. The monoisotopic (exact) mass is 114 g/mol. The van der Waals surface area contributed by atoms with E-state index in [1.165, 1.54) is 0 Å². The van der Waals surface area contributed by atoms with Gasteiger partial charge in [-0.05, 0) is 12.8 Å². The molecule has 1 aliphatic carbocycles. The first-order valence-electron chi connectivity index (χ1n) is 2.90. The zero-order chi connectivity index (χ0) is 6.04. The fraction of sp³-hybridized carbons (Fsp3) is 0.833. The fourth-order valence-electron chi connectivity index (χ4n) is 0.944. The first kappa shape index (κ1) is 5.76. The topological polar surface area (TPSA) is 37.3 Å². The highest BCUT2D eigenvalue weighted by atomic mass is 16.3. The van der Waals surface area contributed by atoms with Gasteiger partial charge in [0.05, 0.1) is 6.61 Å². The largest absolute Gasteiger partial charge is 0.395 e. The smallest absolute Gasteiger partial charge is 0.128 e. The number of hydrogen-bond acceptors (Lipinski definition) is 2. The fourth-order valence-corrected chi connectivity index (χ4v) is 0.944. The maximum atomic E-state index is 10.2. The number of aliphatic hydroxyl groups excluding tert-OH is 1. The normalized spacial score (nSPS) is 24.1.